The molecule has 0 bridgehead atoms. The molecule has 39 heavy (non-hydrogen) atoms. The van der Waals surface area contributed by atoms with Crippen LogP contribution in [0.2, 0.25) is 0 Å². The highest BCUT2D eigenvalue weighted by atomic mass is 32.1. The van der Waals surface area contributed by atoms with Crippen molar-refractivity contribution in [1.82, 2.24) is 4.98 Å². The Bertz CT molecular complexity index is 1320. The summed E-state index contributed by atoms with van der Waals surface area (Å²) in [6.07, 6.45) is 3.86. The number of aromatic nitrogens is 1. The van der Waals surface area contributed by atoms with Gasteiger partial charge in [0.25, 0.3) is 0 Å². The molecule has 3 aromatic carbocycles. The molecule has 0 radical (unpaired) electrons. The quantitative estimate of drug-likeness (QED) is 0.0601. The summed E-state index contributed by atoms with van der Waals surface area (Å²) in [5, 5.41) is 12.8. The van der Waals surface area contributed by atoms with Crippen molar-refractivity contribution >= 4 is 22.3 Å². The Morgan fingerprint density at radius 2 is 1.51 bits per heavy atom. The predicted octanol–water partition coefficient (Wildman–Crippen LogP) is 6.73. The number of hydrogen-bond donors (Lipinski definition) is 2. The molecule has 1 heterocycles. The number of aryl methyl sites for hydroxylation is 1. The van der Waals surface area contributed by atoms with Gasteiger partial charge in [0, 0.05) is 29.6 Å². The molecule has 0 atom stereocenters. The molecule has 4 aromatic rings. The molecule has 0 amide bonds. The SMILES string of the molecule is CCc1sc(N(C)Cc2ccccc2)nc1-c1ccc(OCCCCCOc2ccc(/C(N)=N\O)cc2)cc1. The van der Waals surface area contributed by atoms with Crippen LogP contribution in [0.3, 0.4) is 0 Å². The van der Waals surface area contributed by atoms with Crippen molar-refractivity contribution in [2.24, 2.45) is 10.9 Å². The van der Waals surface area contributed by atoms with Gasteiger partial charge in [-0.2, -0.15) is 0 Å². The maximum atomic E-state index is 8.73. The van der Waals surface area contributed by atoms with E-state index in [-0.39, 0.29) is 5.84 Å². The molecule has 7 nitrogen and oxygen atoms in total. The van der Waals surface area contributed by atoms with E-state index in [1.54, 1.807) is 23.5 Å². The summed E-state index contributed by atoms with van der Waals surface area (Å²) < 4.78 is 11.7. The molecule has 0 saturated heterocycles. The van der Waals surface area contributed by atoms with Crippen molar-refractivity contribution in [1.29, 1.82) is 0 Å². The zero-order chi connectivity index (χ0) is 27.5. The Balaban J connectivity index is 1.20. The first-order valence-corrected chi connectivity index (χ1v) is 14.1. The number of ether oxygens (including phenoxy) is 2. The van der Waals surface area contributed by atoms with Crippen LogP contribution in [0.25, 0.3) is 11.3 Å². The maximum Gasteiger partial charge on any atom is 0.186 e. The van der Waals surface area contributed by atoms with Crippen LogP contribution < -0.4 is 20.1 Å². The van der Waals surface area contributed by atoms with Gasteiger partial charge in [-0.25, -0.2) is 4.98 Å². The van der Waals surface area contributed by atoms with Crippen molar-refractivity contribution in [3.63, 3.8) is 0 Å². The first-order chi connectivity index (χ1) is 19.1. The van der Waals surface area contributed by atoms with Crippen molar-refractivity contribution in [3.8, 4) is 22.8 Å². The number of nitrogens with two attached hydrogens (primary N) is 1. The number of thiazole rings is 1. The molecule has 8 heteroatoms. The third-order valence-electron chi connectivity index (χ3n) is 6.31. The van der Waals surface area contributed by atoms with E-state index in [9.17, 15) is 0 Å². The fourth-order valence-corrected chi connectivity index (χ4v) is 5.12. The second kappa shape index (κ2) is 14.2. The number of benzene rings is 3. The van der Waals surface area contributed by atoms with Crippen molar-refractivity contribution in [2.75, 3.05) is 25.2 Å². The Hall–Kier alpha value is -4.04. The molecule has 0 aliphatic heterocycles. The fraction of sp³-hybridized carbons (Fsp3) is 0.290. The molecule has 0 saturated carbocycles. The van der Waals surface area contributed by atoms with E-state index in [1.807, 2.05) is 30.3 Å². The number of unbranched alkanes of at least 4 members (excludes halogenated alkanes) is 2. The lowest BCUT2D eigenvalue weighted by atomic mass is 10.1. The molecule has 0 fully saturated rings. The average Bonchev–Trinajstić information content (AvgIpc) is 3.42. The van der Waals surface area contributed by atoms with Crippen LogP contribution in [0, 0.1) is 0 Å². The van der Waals surface area contributed by atoms with Crippen molar-refractivity contribution < 1.29 is 14.7 Å². The highest BCUT2D eigenvalue weighted by molar-refractivity contribution is 7.16. The lowest BCUT2D eigenvalue weighted by Crippen LogP contribution is -2.15. The van der Waals surface area contributed by atoms with Crippen LogP contribution in [-0.2, 0) is 13.0 Å². The van der Waals surface area contributed by atoms with Gasteiger partial charge in [0.15, 0.2) is 11.0 Å². The molecule has 0 aliphatic carbocycles. The van der Waals surface area contributed by atoms with Crippen LogP contribution in [0.5, 0.6) is 11.5 Å². The van der Waals surface area contributed by atoms with Gasteiger partial charge in [-0.1, -0.05) is 42.4 Å². The Morgan fingerprint density at radius 3 is 2.10 bits per heavy atom. The normalized spacial score (nSPS) is 11.4. The van der Waals surface area contributed by atoms with Crippen LogP contribution in [0.1, 0.15) is 42.2 Å². The number of anilines is 1. The van der Waals surface area contributed by atoms with Gasteiger partial charge in [-0.3, -0.25) is 0 Å². The van der Waals surface area contributed by atoms with Gasteiger partial charge in [-0.15, -0.1) is 11.3 Å². The van der Waals surface area contributed by atoms with Gasteiger partial charge in [0.1, 0.15) is 11.5 Å². The van der Waals surface area contributed by atoms with Crippen LogP contribution >= 0.6 is 11.3 Å². The van der Waals surface area contributed by atoms with Crippen molar-refractivity contribution in [3.05, 3.63) is 94.9 Å². The molecule has 4 rings (SSSR count). The van der Waals surface area contributed by atoms with Gasteiger partial charge < -0.3 is 25.3 Å². The van der Waals surface area contributed by atoms with Gasteiger partial charge in [-0.05, 0) is 79.8 Å². The summed E-state index contributed by atoms with van der Waals surface area (Å²) in [4.78, 5) is 8.50. The zero-order valence-corrected chi connectivity index (χ0v) is 23.4. The molecule has 204 valence electrons. The second-order valence-corrected chi connectivity index (χ2v) is 10.3. The second-order valence-electron chi connectivity index (χ2n) is 9.26. The monoisotopic (exact) mass is 544 g/mol. The summed E-state index contributed by atoms with van der Waals surface area (Å²) in [5.41, 5.74) is 9.68. The molecule has 3 N–H and O–H groups in total. The lowest BCUT2D eigenvalue weighted by molar-refractivity contribution is 0.279. The lowest BCUT2D eigenvalue weighted by Gasteiger charge is -2.15. The van der Waals surface area contributed by atoms with Crippen LogP contribution in [-0.4, -0.2) is 36.3 Å². The van der Waals surface area contributed by atoms with Gasteiger partial charge in [0.05, 0.1) is 18.9 Å². The standard InChI is InChI=1S/C31H36N4O3S/c1-3-28-29(33-31(39-28)35(2)22-23-10-6-4-7-11-23)24-12-16-26(17-13-24)37-20-8-5-9-21-38-27-18-14-25(15-19-27)30(32)34-36/h4,6-7,10-19,36H,3,5,8-9,20-22H2,1-2H3,(H2,32,34). The third kappa shape index (κ3) is 7.97. The molecular formula is C31H36N4O3S. The molecular weight excluding hydrogens is 508 g/mol. The summed E-state index contributed by atoms with van der Waals surface area (Å²) in [5.74, 6) is 1.72. The molecule has 1 aromatic heterocycles. The maximum absolute atomic E-state index is 8.73. The van der Waals surface area contributed by atoms with Crippen LogP contribution in [0.4, 0.5) is 5.13 Å². The molecule has 0 unspecified atom stereocenters. The number of hydrogen-bond acceptors (Lipinski definition) is 7. The summed E-state index contributed by atoms with van der Waals surface area (Å²) in [7, 11) is 2.10. The number of nitrogens with zero attached hydrogens (tertiary/aromatic N) is 3. The zero-order valence-electron chi connectivity index (χ0n) is 22.5. The van der Waals surface area contributed by atoms with E-state index in [2.05, 4.69) is 60.4 Å². The minimum atomic E-state index is 0.0848. The third-order valence-corrected chi connectivity index (χ3v) is 7.62. The first-order valence-electron chi connectivity index (χ1n) is 13.3. The van der Waals surface area contributed by atoms with Crippen molar-refractivity contribution in [2.45, 2.75) is 39.2 Å². The van der Waals surface area contributed by atoms with E-state index in [4.69, 9.17) is 25.4 Å². The fourth-order valence-electron chi connectivity index (χ4n) is 4.14. The minimum absolute atomic E-state index is 0.0848. The molecule has 0 aliphatic rings. The van der Waals surface area contributed by atoms with E-state index in [0.29, 0.717) is 18.8 Å². The highest BCUT2D eigenvalue weighted by Gasteiger charge is 2.15. The summed E-state index contributed by atoms with van der Waals surface area (Å²) >= 11 is 1.76. The van der Waals surface area contributed by atoms with E-state index in [0.717, 1.165) is 60.1 Å². The van der Waals surface area contributed by atoms with E-state index < -0.39 is 0 Å². The first kappa shape index (κ1) is 28.0. The number of oxime groups is 1. The minimum Gasteiger partial charge on any atom is -0.494 e. The molecule has 0 spiro atoms. The summed E-state index contributed by atoms with van der Waals surface area (Å²) in [6.45, 7) is 4.31. The summed E-state index contributed by atoms with van der Waals surface area (Å²) in [6, 6.07) is 25.9. The Morgan fingerprint density at radius 1 is 0.897 bits per heavy atom. The van der Waals surface area contributed by atoms with Gasteiger partial charge in [0.2, 0.25) is 0 Å². The van der Waals surface area contributed by atoms with Gasteiger partial charge >= 0.3 is 0 Å². The predicted molar refractivity (Wildman–Crippen MR) is 159 cm³/mol. The smallest absolute Gasteiger partial charge is 0.186 e. The van der Waals surface area contributed by atoms with Crippen LogP contribution in [0.15, 0.2) is 84.0 Å². The highest BCUT2D eigenvalue weighted by Crippen LogP contribution is 2.34. The average molecular weight is 545 g/mol. The number of rotatable bonds is 14. The number of amidine groups is 1. The Kier molecular flexibility index (Phi) is 10.2. The largest absolute Gasteiger partial charge is 0.494 e. The Labute approximate surface area is 234 Å². The van der Waals surface area contributed by atoms with E-state index >= 15 is 0 Å². The van der Waals surface area contributed by atoms with E-state index in [1.165, 1.54) is 10.4 Å². The topological polar surface area (TPSA) is 93.2 Å².